The van der Waals surface area contributed by atoms with Gasteiger partial charge < -0.3 is 5.32 Å². The molecule has 0 unspecified atom stereocenters. The highest BCUT2D eigenvalue weighted by Crippen LogP contribution is 2.21. The molecular weight excluding hydrogens is 339 g/mol. The number of hydrogen-bond donors (Lipinski definition) is 2. The number of amides is 1. The van der Waals surface area contributed by atoms with E-state index in [4.69, 9.17) is 16.7 Å². The molecule has 1 aromatic heterocycles. The zero-order chi connectivity index (χ0) is 15.6. The Labute approximate surface area is 129 Å². The molecule has 3 N–H and O–H groups in total. The zero-order valence-electron chi connectivity index (χ0n) is 10.5. The van der Waals surface area contributed by atoms with E-state index < -0.39 is 21.7 Å². The molecule has 1 heterocycles. The average Bonchev–Trinajstić information content (AvgIpc) is 2.88. The van der Waals surface area contributed by atoms with Gasteiger partial charge in [0, 0.05) is 4.88 Å². The van der Waals surface area contributed by atoms with Gasteiger partial charge in [-0.3, -0.25) is 4.79 Å². The first-order chi connectivity index (χ1) is 9.79. The summed E-state index contributed by atoms with van der Waals surface area (Å²) in [7, 11) is -3.75. The van der Waals surface area contributed by atoms with Gasteiger partial charge in [0.15, 0.2) is 0 Å². The van der Waals surface area contributed by atoms with Crippen LogP contribution in [-0.2, 0) is 16.6 Å². The molecule has 0 bridgehead atoms. The zero-order valence-corrected chi connectivity index (χ0v) is 12.9. The monoisotopic (exact) mass is 348 g/mol. The van der Waals surface area contributed by atoms with Gasteiger partial charge in [0.25, 0.3) is 5.91 Å². The van der Waals surface area contributed by atoms with Crippen LogP contribution in [-0.4, -0.2) is 14.3 Å². The van der Waals surface area contributed by atoms with Crippen LogP contribution in [0, 0.1) is 5.82 Å². The molecule has 0 fully saturated rings. The van der Waals surface area contributed by atoms with Crippen LogP contribution in [0.5, 0.6) is 0 Å². The van der Waals surface area contributed by atoms with E-state index in [1.807, 2.05) is 0 Å². The normalized spacial score (nSPS) is 11.4. The Morgan fingerprint density at radius 3 is 2.67 bits per heavy atom. The second-order valence-electron chi connectivity index (χ2n) is 4.05. The van der Waals surface area contributed by atoms with Crippen LogP contribution in [0.25, 0.3) is 0 Å². The molecule has 1 amide bonds. The molecule has 2 aromatic rings. The number of nitrogens with one attached hydrogen (secondary N) is 1. The van der Waals surface area contributed by atoms with E-state index in [2.05, 4.69) is 5.32 Å². The number of benzene rings is 1. The molecule has 0 atom stereocenters. The summed E-state index contributed by atoms with van der Waals surface area (Å²) in [6.07, 6.45) is 0. The summed E-state index contributed by atoms with van der Waals surface area (Å²) in [5.41, 5.74) is 0.0138. The molecule has 0 aliphatic heterocycles. The summed E-state index contributed by atoms with van der Waals surface area (Å²) in [5.74, 6) is -1.23. The van der Waals surface area contributed by atoms with Gasteiger partial charge in [-0.2, -0.15) is 0 Å². The molecule has 2 rings (SSSR count). The van der Waals surface area contributed by atoms with Gasteiger partial charge in [-0.15, -0.1) is 11.3 Å². The van der Waals surface area contributed by atoms with Gasteiger partial charge in [0.1, 0.15) is 10.0 Å². The van der Waals surface area contributed by atoms with Crippen LogP contribution < -0.4 is 10.5 Å². The fourth-order valence-corrected chi connectivity index (χ4v) is 3.48. The minimum atomic E-state index is -3.75. The maximum atomic E-state index is 13.2. The second kappa shape index (κ2) is 6.10. The number of nitrogens with two attached hydrogens (primary N) is 1. The topological polar surface area (TPSA) is 89.3 Å². The van der Waals surface area contributed by atoms with E-state index in [1.54, 1.807) is 0 Å². The van der Waals surface area contributed by atoms with E-state index in [9.17, 15) is 17.6 Å². The molecule has 1 aromatic carbocycles. The van der Waals surface area contributed by atoms with Crippen molar-refractivity contribution < 1.29 is 17.6 Å². The lowest BCUT2D eigenvalue weighted by atomic mass is 10.2. The Bertz CT molecular complexity index is 790. The molecule has 0 saturated heterocycles. The van der Waals surface area contributed by atoms with Crippen LogP contribution in [0.1, 0.15) is 15.2 Å². The highest BCUT2D eigenvalue weighted by atomic mass is 35.5. The molecular formula is C12H10ClFN2O3S2. The molecule has 9 heteroatoms. The molecule has 0 spiro atoms. The van der Waals surface area contributed by atoms with Crippen LogP contribution in [0.3, 0.4) is 0 Å². The lowest BCUT2D eigenvalue weighted by molar-refractivity contribution is 0.0951. The molecule has 21 heavy (non-hydrogen) atoms. The summed E-state index contributed by atoms with van der Waals surface area (Å²) in [6, 6.07) is 6.82. The Morgan fingerprint density at radius 1 is 1.33 bits per heavy atom. The van der Waals surface area contributed by atoms with Crippen LogP contribution in [0.15, 0.2) is 34.5 Å². The van der Waals surface area contributed by atoms with E-state index in [1.165, 1.54) is 24.3 Å². The van der Waals surface area contributed by atoms with Crippen molar-refractivity contribution in [2.45, 2.75) is 10.8 Å². The Balaban J connectivity index is 2.08. The number of carbonyl (C=O) groups excluding carboxylic acids is 1. The van der Waals surface area contributed by atoms with Crippen molar-refractivity contribution in [2.24, 2.45) is 5.14 Å². The molecule has 5 nitrogen and oxygen atoms in total. The van der Waals surface area contributed by atoms with Crippen molar-refractivity contribution in [3.63, 3.8) is 0 Å². The van der Waals surface area contributed by atoms with Crippen molar-refractivity contribution in [3.05, 3.63) is 51.6 Å². The predicted octanol–water partition coefficient (Wildman–Crippen LogP) is 2.12. The third kappa shape index (κ3) is 3.79. The maximum Gasteiger partial charge on any atom is 0.253 e. The number of carbonyl (C=O) groups is 1. The fourth-order valence-electron chi connectivity index (χ4n) is 1.55. The molecule has 0 aliphatic rings. The first-order valence-corrected chi connectivity index (χ1v) is 8.37. The lowest BCUT2D eigenvalue weighted by Gasteiger charge is -2.06. The molecule has 112 valence electrons. The van der Waals surface area contributed by atoms with Crippen LogP contribution in [0.2, 0.25) is 5.02 Å². The third-order valence-corrected chi connectivity index (χ3v) is 5.44. The number of thiophene rings is 1. The minimum Gasteiger partial charge on any atom is -0.347 e. The number of primary sulfonamides is 1. The van der Waals surface area contributed by atoms with Crippen molar-refractivity contribution >= 4 is 38.9 Å². The van der Waals surface area contributed by atoms with Crippen molar-refractivity contribution in [2.75, 3.05) is 0 Å². The highest BCUT2D eigenvalue weighted by Gasteiger charge is 2.15. The summed E-state index contributed by atoms with van der Waals surface area (Å²) in [6.45, 7) is 0.0891. The van der Waals surface area contributed by atoms with Gasteiger partial charge in [-0.05, 0) is 24.3 Å². The molecule has 0 radical (unpaired) electrons. The van der Waals surface area contributed by atoms with Gasteiger partial charge in [0.05, 0.1) is 17.1 Å². The van der Waals surface area contributed by atoms with E-state index in [-0.39, 0.29) is 21.3 Å². The average molecular weight is 349 g/mol. The SMILES string of the molecule is NS(=O)(=O)c1ccc(CNC(=O)c2cccc(F)c2Cl)s1. The fraction of sp³-hybridized carbons (Fsp3) is 0.0833. The van der Waals surface area contributed by atoms with Crippen molar-refractivity contribution in [1.29, 1.82) is 0 Å². The lowest BCUT2D eigenvalue weighted by Crippen LogP contribution is -2.22. The van der Waals surface area contributed by atoms with Gasteiger partial charge >= 0.3 is 0 Å². The smallest absolute Gasteiger partial charge is 0.253 e. The number of hydrogen-bond acceptors (Lipinski definition) is 4. The Kier molecular flexibility index (Phi) is 4.62. The maximum absolute atomic E-state index is 13.2. The quantitative estimate of drug-likeness (QED) is 0.886. The summed E-state index contributed by atoms with van der Waals surface area (Å²) in [4.78, 5) is 12.5. The summed E-state index contributed by atoms with van der Waals surface area (Å²) < 4.78 is 35.5. The predicted molar refractivity (Wildman–Crippen MR) is 78.3 cm³/mol. The van der Waals surface area contributed by atoms with Crippen molar-refractivity contribution in [3.8, 4) is 0 Å². The van der Waals surface area contributed by atoms with Crippen LogP contribution >= 0.6 is 22.9 Å². The first kappa shape index (κ1) is 15.9. The first-order valence-electron chi connectivity index (χ1n) is 5.63. The Morgan fingerprint density at radius 2 is 2.05 bits per heavy atom. The van der Waals surface area contributed by atoms with Gasteiger partial charge in [-0.25, -0.2) is 17.9 Å². The number of halogens is 2. The summed E-state index contributed by atoms with van der Waals surface area (Å²) in [5, 5.41) is 7.26. The second-order valence-corrected chi connectivity index (χ2v) is 7.38. The van der Waals surface area contributed by atoms with Crippen LogP contribution in [0.4, 0.5) is 4.39 Å². The standard InChI is InChI=1S/C12H10ClFN2O3S2/c13-11-8(2-1-3-9(11)14)12(17)16-6-7-4-5-10(20-7)21(15,18)19/h1-5H,6H2,(H,16,17)(H2,15,18,19). The largest absolute Gasteiger partial charge is 0.347 e. The summed E-state index contributed by atoms with van der Waals surface area (Å²) >= 11 is 6.65. The number of sulfonamides is 1. The minimum absolute atomic E-state index is 0.00976. The Hall–Kier alpha value is -1.48. The van der Waals surface area contributed by atoms with E-state index in [0.717, 1.165) is 17.4 Å². The van der Waals surface area contributed by atoms with E-state index in [0.29, 0.717) is 4.88 Å². The highest BCUT2D eigenvalue weighted by molar-refractivity contribution is 7.91. The molecule has 0 saturated carbocycles. The van der Waals surface area contributed by atoms with Crippen molar-refractivity contribution in [1.82, 2.24) is 5.32 Å². The van der Waals surface area contributed by atoms with Gasteiger partial charge in [-0.1, -0.05) is 17.7 Å². The number of rotatable bonds is 4. The van der Waals surface area contributed by atoms with E-state index >= 15 is 0 Å². The third-order valence-electron chi connectivity index (χ3n) is 2.54. The molecule has 0 aliphatic carbocycles. The van der Waals surface area contributed by atoms with Gasteiger partial charge in [0.2, 0.25) is 10.0 Å².